The molecule has 0 heterocycles. The van der Waals surface area contributed by atoms with E-state index < -0.39 is 0 Å². The molecule has 2 heteroatoms. The van der Waals surface area contributed by atoms with Gasteiger partial charge >= 0.3 is 0 Å². The third-order valence-corrected chi connectivity index (χ3v) is 2.28. The number of ether oxygens (including phenoxy) is 1. The quantitative estimate of drug-likeness (QED) is 0.724. The normalized spacial score (nSPS) is 12.1. The smallest absolute Gasteiger partial charge is 0.119 e. The summed E-state index contributed by atoms with van der Waals surface area (Å²) in [6.07, 6.45) is 3.77. The standard InChI is InChI=1S/C13H19NO/c1-3-5-9-13(14)11-7-6-8-12(10-11)15-4-2/h3,6-8,10,13H,1,4-5,9,14H2,2H3. The van der Waals surface area contributed by atoms with Crippen molar-refractivity contribution >= 4 is 0 Å². The molecule has 1 aromatic carbocycles. The largest absolute Gasteiger partial charge is 0.494 e. The highest BCUT2D eigenvalue weighted by atomic mass is 16.5. The van der Waals surface area contributed by atoms with Gasteiger partial charge in [-0.25, -0.2) is 0 Å². The van der Waals surface area contributed by atoms with E-state index in [1.54, 1.807) is 0 Å². The average Bonchev–Trinajstić information content (AvgIpc) is 2.27. The molecule has 1 aromatic rings. The summed E-state index contributed by atoms with van der Waals surface area (Å²) in [5, 5.41) is 0. The second-order valence-corrected chi connectivity index (χ2v) is 3.48. The number of hydrogen-bond acceptors (Lipinski definition) is 2. The SMILES string of the molecule is C=CCCC(N)c1cccc(OCC)c1. The molecule has 1 rings (SSSR count). The molecule has 82 valence electrons. The van der Waals surface area contributed by atoms with E-state index in [0.29, 0.717) is 6.61 Å². The van der Waals surface area contributed by atoms with E-state index in [1.807, 2.05) is 37.3 Å². The highest BCUT2D eigenvalue weighted by Gasteiger charge is 2.05. The van der Waals surface area contributed by atoms with Crippen molar-refractivity contribution in [3.63, 3.8) is 0 Å². The molecule has 0 saturated carbocycles. The minimum absolute atomic E-state index is 0.0726. The Hall–Kier alpha value is -1.28. The van der Waals surface area contributed by atoms with Crippen molar-refractivity contribution in [2.75, 3.05) is 6.61 Å². The van der Waals surface area contributed by atoms with Crippen LogP contribution in [0.25, 0.3) is 0 Å². The van der Waals surface area contributed by atoms with Gasteiger partial charge in [-0.05, 0) is 37.5 Å². The molecular formula is C13H19NO. The first kappa shape index (κ1) is 11.8. The third-order valence-electron chi connectivity index (χ3n) is 2.28. The van der Waals surface area contributed by atoms with Gasteiger partial charge in [0, 0.05) is 6.04 Å². The molecule has 0 spiro atoms. The number of benzene rings is 1. The minimum atomic E-state index is 0.0726. The number of allylic oxidation sites excluding steroid dienone is 1. The molecule has 0 fully saturated rings. The van der Waals surface area contributed by atoms with Crippen LogP contribution in [0, 0.1) is 0 Å². The fourth-order valence-corrected chi connectivity index (χ4v) is 1.47. The van der Waals surface area contributed by atoms with Crippen molar-refractivity contribution in [2.45, 2.75) is 25.8 Å². The monoisotopic (exact) mass is 205 g/mol. The van der Waals surface area contributed by atoms with E-state index in [0.717, 1.165) is 24.2 Å². The molecule has 0 bridgehead atoms. The lowest BCUT2D eigenvalue weighted by Gasteiger charge is -2.12. The Morgan fingerprint density at radius 3 is 3.00 bits per heavy atom. The van der Waals surface area contributed by atoms with Crippen molar-refractivity contribution in [3.05, 3.63) is 42.5 Å². The van der Waals surface area contributed by atoms with Crippen LogP contribution in [0.1, 0.15) is 31.4 Å². The maximum atomic E-state index is 6.04. The Kier molecular flexibility index (Phi) is 4.91. The maximum Gasteiger partial charge on any atom is 0.119 e. The van der Waals surface area contributed by atoms with Gasteiger partial charge in [0.1, 0.15) is 5.75 Å². The number of rotatable bonds is 6. The molecule has 0 aliphatic rings. The molecule has 2 nitrogen and oxygen atoms in total. The Morgan fingerprint density at radius 1 is 1.53 bits per heavy atom. The summed E-state index contributed by atoms with van der Waals surface area (Å²) >= 11 is 0. The van der Waals surface area contributed by atoms with Crippen LogP contribution in [0.4, 0.5) is 0 Å². The van der Waals surface area contributed by atoms with E-state index in [4.69, 9.17) is 10.5 Å². The van der Waals surface area contributed by atoms with Gasteiger partial charge in [-0.2, -0.15) is 0 Å². The lowest BCUT2D eigenvalue weighted by molar-refractivity contribution is 0.339. The van der Waals surface area contributed by atoms with Crippen LogP contribution in [0.15, 0.2) is 36.9 Å². The molecule has 1 atom stereocenters. The first-order valence-corrected chi connectivity index (χ1v) is 5.37. The Labute approximate surface area is 91.7 Å². The summed E-state index contributed by atoms with van der Waals surface area (Å²) in [5.74, 6) is 0.893. The average molecular weight is 205 g/mol. The summed E-state index contributed by atoms with van der Waals surface area (Å²) in [6, 6.07) is 8.05. The first-order chi connectivity index (χ1) is 7.27. The van der Waals surface area contributed by atoms with Crippen molar-refractivity contribution in [3.8, 4) is 5.75 Å². The van der Waals surface area contributed by atoms with Crippen molar-refractivity contribution in [2.24, 2.45) is 5.73 Å². The summed E-state index contributed by atoms with van der Waals surface area (Å²) in [4.78, 5) is 0. The van der Waals surface area contributed by atoms with Crippen LogP contribution in [-0.2, 0) is 0 Å². The highest BCUT2D eigenvalue weighted by molar-refractivity contribution is 5.30. The highest BCUT2D eigenvalue weighted by Crippen LogP contribution is 2.20. The molecular weight excluding hydrogens is 186 g/mol. The van der Waals surface area contributed by atoms with Crippen LogP contribution < -0.4 is 10.5 Å². The number of nitrogens with two attached hydrogens (primary N) is 1. The van der Waals surface area contributed by atoms with E-state index in [9.17, 15) is 0 Å². The molecule has 2 N–H and O–H groups in total. The number of hydrogen-bond donors (Lipinski definition) is 1. The Balaban J connectivity index is 2.66. The maximum absolute atomic E-state index is 6.04. The van der Waals surface area contributed by atoms with Gasteiger partial charge in [0.2, 0.25) is 0 Å². The molecule has 0 amide bonds. The van der Waals surface area contributed by atoms with Crippen LogP contribution in [0.3, 0.4) is 0 Å². The lowest BCUT2D eigenvalue weighted by Crippen LogP contribution is -2.09. The molecule has 0 aliphatic carbocycles. The topological polar surface area (TPSA) is 35.2 Å². The summed E-state index contributed by atoms with van der Waals surface area (Å²) in [5.41, 5.74) is 7.17. The van der Waals surface area contributed by atoms with Crippen LogP contribution in [0.2, 0.25) is 0 Å². The zero-order valence-electron chi connectivity index (χ0n) is 9.28. The molecule has 0 aromatic heterocycles. The third kappa shape index (κ3) is 3.76. The zero-order chi connectivity index (χ0) is 11.1. The van der Waals surface area contributed by atoms with Crippen molar-refractivity contribution < 1.29 is 4.74 Å². The predicted octanol–water partition coefficient (Wildman–Crippen LogP) is 3.05. The lowest BCUT2D eigenvalue weighted by atomic mass is 10.0. The van der Waals surface area contributed by atoms with Crippen molar-refractivity contribution in [1.29, 1.82) is 0 Å². The van der Waals surface area contributed by atoms with E-state index >= 15 is 0 Å². The predicted molar refractivity (Wildman–Crippen MR) is 64.0 cm³/mol. The Bertz CT molecular complexity index is 309. The molecule has 0 radical (unpaired) electrons. The van der Waals surface area contributed by atoms with E-state index in [-0.39, 0.29) is 6.04 Å². The van der Waals surface area contributed by atoms with E-state index in [1.165, 1.54) is 0 Å². The van der Waals surface area contributed by atoms with Gasteiger partial charge in [-0.3, -0.25) is 0 Å². The van der Waals surface area contributed by atoms with Gasteiger partial charge in [0.15, 0.2) is 0 Å². The second-order valence-electron chi connectivity index (χ2n) is 3.48. The fourth-order valence-electron chi connectivity index (χ4n) is 1.47. The van der Waals surface area contributed by atoms with Gasteiger partial charge < -0.3 is 10.5 Å². The van der Waals surface area contributed by atoms with Gasteiger partial charge in [-0.1, -0.05) is 18.2 Å². The fraction of sp³-hybridized carbons (Fsp3) is 0.385. The van der Waals surface area contributed by atoms with Crippen LogP contribution in [-0.4, -0.2) is 6.61 Å². The van der Waals surface area contributed by atoms with Gasteiger partial charge in [0.05, 0.1) is 6.61 Å². The van der Waals surface area contributed by atoms with Gasteiger partial charge in [0.25, 0.3) is 0 Å². The minimum Gasteiger partial charge on any atom is -0.494 e. The summed E-state index contributed by atoms with van der Waals surface area (Å²) in [7, 11) is 0. The van der Waals surface area contributed by atoms with Crippen LogP contribution >= 0.6 is 0 Å². The van der Waals surface area contributed by atoms with Crippen molar-refractivity contribution in [1.82, 2.24) is 0 Å². The summed E-state index contributed by atoms with van der Waals surface area (Å²) < 4.78 is 5.43. The van der Waals surface area contributed by atoms with Gasteiger partial charge in [-0.15, -0.1) is 6.58 Å². The molecule has 0 saturated heterocycles. The van der Waals surface area contributed by atoms with Crippen LogP contribution in [0.5, 0.6) is 5.75 Å². The molecule has 15 heavy (non-hydrogen) atoms. The Morgan fingerprint density at radius 2 is 2.33 bits per heavy atom. The zero-order valence-corrected chi connectivity index (χ0v) is 9.28. The molecule has 1 unspecified atom stereocenters. The second kappa shape index (κ2) is 6.25. The molecule has 0 aliphatic heterocycles. The first-order valence-electron chi connectivity index (χ1n) is 5.37. The van der Waals surface area contributed by atoms with E-state index in [2.05, 4.69) is 6.58 Å². The summed E-state index contributed by atoms with van der Waals surface area (Å²) in [6.45, 7) is 6.36.